The molecule has 0 fully saturated rings. The standard InChI is InChI=1S/C12H8Br2S.C12H8OPS/c13-9-5-1-3-7-11(9)15-12-8-4-2-6-10(12)14;13-14-9-5-1-3-7-11(9)15-12-8-4-2-6-10(12)14/h2*1-8H/q;+1. The van der Waals surface area contributed by atoms with Crippen molar-refractivity contribution in [2.24, 2.45) is 0 Å². The van der Waals surface area contributed by atoms with Crippen LogP contribution in [0, 0.1) is 0 Å². The molecule has 0 aliphatic rings. The van der Waals surface area contributed by atoms with Crippen molar-refractivity contribution in [3.8, 4) is 0 Å². The number of hydrogen-bond donors (Lipinski definition) is 0. The maximum atomic E-state index is 12.2. The van der Waals surface area contributed by atoms with Crippen molar-refractivity contribution in [1.29, 1.82) is 0 Å². The third-order valence-corrected chi connectivity index (χ3v) is 10.5. The highest BCUT2D eigenvalue weighted by atomic mass is 79.9. The second kappa shape index (κ2) is 10.2. The molecule has 0 saturated carbocycles. The van der Waals surface area contributed by atoms with E-state index in [2.05, 4.69) is 56.1 Å². The highest BCUT2D eigenvalue weighted by Gasteiger charge is 2.14. The summed E-state index contributed by atoms with van der Waals surface area (Å²) in [7, 11) is -1.39. The molecule has 0 spiro atoms. The van der Waals surface area contributed by atoms with E-state index in [9.17, 15) is 4.57 Å². The molecule has 0 unspecified atom stereocenters. The van der Waals surface area contributed by atoms with Gasteiger partial charge in [-0.15, -0.1) is 11.3 Å². The Balaban J connectivity index is 0.000000145. The van der Waals surface area contributed by atoms with Crippen LogP contribution < -0.4 is 0 Å². The second-order valence-electron chi connectivity index (χ2n) is 6.29. The van der Waals surface area contributed by atoms with Gasteiger partial charge >= 0.3 is 7.41 Å². The number of fused-ring (bicyclic) bond motifs is 2. The van der Waals surface area contributed by atoms with Crippen LogP contribution in [-0.2, 0) is 4.57 Å². The first-order chi connectivity index (χ1) is 14.6. The fraction of sp³-hybridized carbons (Fsp3) is 0. The van der Waals surface area contributed by atoms with Crippen molar-refractivity contribution in [1.82, 2.24) is 0 Å². The summed E-state index contributed by atoms with van der Waals surface area (Å²) in [5, 5.41) is 1.94. The fourth-order valence-electron chi connectivity index (χ4n) is 2.84. The normalized spacial score (nSPS) is 10.6. The molecule has 0 radical (unpaired) electrons. The molecule has 4 aromatic carbocycles. The SMILES string of the molecule is Brc1ccccc1Sc1ccccc1Br.O=[p+]1c2ccccc2sc2ccccc21. The molecule has 0 aliphatic carbocycles. The molecule has 5 aromatic rings. The van der Waals surface area contributed by atoms with E-state index in [0.29, 0.717) is 0 Å². The van der Waals surface area contributed by atoms with Crippen LogP contribution in [0.4, 0.5) is 0 Å². The number of benzene rings is 4. The highest BCUT2D eigenvalue weighted by Crippen LogP contribution is 2.40. The van der Waals surface area contributed by atoms with Crippen LogP contribution in [0.2, 0.25) is 0 Å². The van der Waals surface area contributed by atoms with Gasteiger partial charge in [-0.2, -0.15) is 0 Å². The quantitative estimate of drug-likeness (QED) is 0.195. The zero-order chi connectivity index (χ0) is 20.9. The summed E-state index contributed by atoms with van der Waals surface area (Å²) in [6.07, 6.45) is 0. The van der Waals surface area contributed by atoms with Crippen molar-refractivity contribution in [3.05, 3.63) is 106 Å². The molecule has 0 amide bonds. The van der Waals surface area contributed by atoms with E-state index < -0.39 is 7.41 Å². The zero-order valence-electron chi connectivity index (χ0n) is 15.7. The predicted octanol–water partition coefficient (Wildman–Crippen LogP) is 10.2. The molecule has 0 N–H and O–H groups in total. The third-order valence-electron chi connectivity index (χ3n) is 4.28. The Morgan fingerprint density at radius 1 is 0.600 bits per heavy atom. The second-order valence-corrected chi connectivity index (χ2v) is 11.7. The first kappa shape index (κ1) is 21.7. The minimum atomic E-state index is -1.39. The van der Waals surface area contributed by atoms with Crippen molar-refractivity contribution in [2.75, 3.05) is 0 Å². The van der Waals surface area contributed by atoms with Crippen LogP contribution in [0.1, 0.15) is 0 Å². The van der Waals surface area contributed by atoms with Crippen molar-refractivity contribution >= 4 is 82.0 Å². The number of hydrogen-bond acceptors (Lipinski definition) is 3. The van der Waals surface area contributed by atoms with Gasteiger partial charge in [-0.25, -0.2) is 0 Å². The van der Waals surface area contributed by atoms with Gasteiger partial charge in [-0.3, -0.25) is 0 Å². The summed E-state index contributed by atoms with van der Waals surface area (Å²) in [6.45, 7) is 0. The number of halogens is 2. The van der Waals surface area contributed by atoms with Crippen LogP contribution in [0.5, 0.6) is 0 Å². The van der Waals surface area contributed by atoms with Crippen molar-refractivity contribution in [3.63, 3.8) is 0 Å². The van der Waals surface area contributed by atoms with E-state index in [4.69, 9.17) is 0 Å². The summed E-state index contributed by atoms with van der Waals surface area (Å²) < 4.78 is 16.7. The van der Waals surface area contributed by atoms with Gasteiger partial charge in [0.05, 0.1) is 9.40 Å². The summed E-state index contributed by atoms with van der Waals surface area (Å²) in [5.41, 5.74) is 0. The van der Waals surface area contributed by atoms with E-state index >= 15 is 0 Å². The van der Waals surface area contributed by atoms with Gasteiger partial charge in [0.2, 0.25) is 10.2 Å². The Morgan fingerprint density at radius 3 is 1.47 bits per heavy atom. The first-order valence-electron chi connectivity index (χ1n) is 9.13. The fourth-order valence-corrected chi connectivity index (χ4v) is 7.66. The summed E-state index contributed by atoms with van der Waals surface area (Å²) >= 11 is 10.5. The zero-order valence-corrected chi connectivity index (χ0v) is 21.4. The van der Waals surface area contributed by atoms with E-state index in [0.717, 1.165) is 28.6 Å². The van der Waals surface area contributed by atoms with E-state index in [1.165, 1.54) is 9.79 Å². The summed E-state index contributed by atoms with van der Waals surface area (Å²) in [6, 6.07) is 32.3. The molecule has 1 nitrogen and oxygen atoms in total. The van der Waals surface area contributed by atoms with Gasteiger partial charge in [-0.05, 0) is 80.4 Å². The average Bonchev–Trinajstić information content (AvgIpc) is 2.78. The Hall–Kier alpha value is -1.49. The Labute approximate surface area is 201 Å². The van der Waals surface area contributed by atoms with Crippen LogP contribution in [0.15, 0.2) is 116 Å². The molecule has 1 heterocycles. The van der Waals surface area contributed by atoms with Gasteiger partial charge in [0, 0.05) is 18.7 Å². The lowest BCUT2D eigenvalue weighted by molar-refractivity contribution is 0.602. The van der Waals surface area contributed by atoms with Gasteiger partial charge < -0.3 is 0 Å². The molecule has 0 atom stereocenters. The maximum absolute atomic E-state index is 12.2. The maximum Gasteiger partial charge on any atom is 0.418 e. The van der Waals surface area contributed by atoms with Crippen molar-refractivity contribution in [2.45, 2.75) is 9.79 Å². The third kappa shape index (κ3) is 5.04. The molecular weight excluding hydrogens is 559 g/mol. The average molecular weight is 575 g/mol. The topological polar surface area (TPSA) is 17.1 Å². The van der Waals surface area contributed by atoms with E-state index in [1.54, 1.807) is 23.1 Å². The highest BCUT2D eigenvalue weighted by molar-refractivity contribution is 9.11. The van der Waals surface area contributed by atoms with Crippen LogP contribution in [0.25, 0.3) is 19.6 Å². The minimum absolute atomic E-state index is 0.969. The molecular formula is C24H16Br2OPS2+. The number of rotatable bonds is 2. The molecule has 30 heavy (non-hydrogen) atoms. The molecule has 148 valence electrons. The van der Waals surface area contributed by atoms with E-state index in [1.807, 2.05) is 72.8 Å². The lowest BCUT2D eigenvalue weighted by Crippen LogP contribution is -1.76. The lowest BCUT2D eigenvalue weighted by Gasteiger charge is -2.05. The predicted molar refractivity (Wildman–Crippen MR) is 139 cm³/mol. The monoisotopic (exact) mass is 573 g/mol. The molecule has 0 bridgehead atoms. The van der Waals surface area contributed by atoms with Crippen molar-refractivity contribution < 1.29 is 4.57 Å². The molecule has 6 heteroatoms. The Bertz CT molecular complexity index is 1280. The van der Waals surface area contributed by atoms with Gasteiger partial charge in [-0.1, -0.05) is 64.9 Å². The molecule has 0 saturated heterocycles. The van der Waals surface area contributed by atoms with Gasteiger partial charge in [0.15, 0.2) is 0 Å². The molecule has 1 aromatic heterocycles. The van der Waals surface area contributed by atoms with Gasteiger partial charge in [0.1, 0.15) is 0 Å². The Morgan fingerprint density at radius 2 is 1.00 bits per heavy atom. The summed E-state index contributed by atoms with van der Waals surface area (Å²) in [5.74, 6) is 0. The summed E-state index contributed by atoms with van der Waals surface area (Å²) in [4.78, 5) is 2.45. The largest absolute Gasteiger partial charge is 0.418 e. The van der Waals surface area contributed by atoms with E-state index in [-0.39, 0.29) is 0 Å². The smallest absolute Gasteiger partial charge is 0.127 e. The first-order valence-corrected chi connectivity index (χ1v) is 13.6. The van der Waals surface area contributed by atoms with Crippen LogP contribution in [0.3, 0.4) is 0 Å². The lowest BCUT2D eigenvalue weighted by atomic mass is 10.4. The molecule has 5 rings (SSSR count). The Kier molecular flexibility index (Phi) is 7.40. The van der Waals surface area contributed by atoms with Crippen LogP contribution >= 0.6 is 62.4 Å². The molecule has 0 aliphatic heterocycles. The van der Waals surface area contributed by atoms with Crippen LogP contribution in [-0.4, -0.2) is 0 Å². The van der Waals surface area contributed by atoms with Gasteiger partial charge in [0.25, 0.3) is 0 Å². The minimum Gasteiger partial charge on any atom is -0.127 e.